The van der Waals surface area contributed by atoms with E-state index in [1.54, 1.807) is 0 Å². The average Bonchev–Trinajstić information content (AvgIpc) is 2.96. The molecule has 25 heavy (non-hydrogen) atoms. The lowest BCUT2D eigenvalue weighted by molar-refractivity contribution is -0.127. The third-order valence-electron chi connectivity index (χ3n) is 4.17. The zero-order valence-corrected chi connectivity index (χ0v) is 15.3. The van der Waals surface area contributed by atoms with Gasteiger partial charge in [-0.25, -0.2) is 0 Å². The normalized spacial score (nSPS) is 13.1. The summed E-state index contributed by atoms with van der Waals surface area (Å²) in [5.74, 6) is -0.120. The zero-order chi connectivity index (χ0) is 18.4. The molecule has 0 aliphatic rings. The Bertz CT molecular complexity index is 774. The minimum absolute atomic E-state index is 0.0279. The fourth-order valence-corrected chi connectivity index (χ4v) is 2.79. The average molecular weight is 341 g/mol. The molecule has 2 rings (SSSR count). The quantitative estimate of drug-likeness (QED) is 0.678. The molecular weight excluding hydrogens is 314 g/mol. The lowest BCUT2D eigenvalue weighted by Crippen LogP contribution is -2.37. The molecule has 5 nitrogen and oxygen atoms in total. The van der Waals surface area contributed by atoms with Crippen molar-refractivity contribution in [1.29, 1.82) is 0 Å². The van der Waals surface area contributed by atoms with E-state index in [4.69, 9.17) is 0 Å². The molecule has 1 atom stereocenters. The van der Waals surface area contributed by atoms with Gasteiger partial charge in [-0.15, -0.1) is 0 Å². The van der Waals surface area contributed by atoms with Crippen molar-refractivity contribution in [1.82, 2.24) is 15.6 Å². The third kappa shape index (κ3) is 4.95. The maximum atomic E-state index is 12.1. The van der Waals surface area contributed by atoms with E-state index in [0.717, 1.165) is 16.5 Å². The highest BCUT2D eigenvalue weighted by molar-refractivity contribution is 5.84. The standard InChI is InChI=1S/C20H27N3O2/c1-5-21-19(25)20(3,4)11-10-16(23-14(2)24)12-15-13-22-18-9-7-6-8-17(15)18/h6-11,13,16,22H,5,12H2,1-4H3,(H,21,25)(H,23,24)/t16-/m0/s1. The molecule has 0 radical (unpaired) electrons. The van der Waals surface area contributed by atoms with Gasteiger partial charge in [0, 0.05) is 30.6 Å². The smallest absolute Gasteiger partial charge is 0.229 e. The Morgan fingerprint density at radius 1 is 1.28 bits per heavy atom. The molecule has 0 spiro atoms. The summed E-state index contributed by atoms with van der Waals surface area (Å²) in [6, 6.07) is 7.91. The van der Waals surface area contributed by atoms with Crippen LogP contribution in [0, 0.1) is 5.41 Å². The molecule has 2 amide bonds. The van der Waals surface area contributed by atoms with Crippen molar-refractivity contribution >= 4 is 22.7 Å². The third-order valence-corrected chi connectivity index (χ3v) is 4.17. The zero-order valence-electron chi connectivity index (χ0n) is 15.3. The van der Waals surface area contributed by atoms with E-state index in [-0.39, 0.29) is 17.9 Å². The molecule has 5 heteroatoms. The first-order chi connectivity index (χ1) is 11.8. The van der Waals surface area contributed by atoms with Gasteiger partial charge in [-0.2, -0.15) is 0 Å². The second-order valence-corrected chi connectivity index (χ2v) is 6.81. The largest absolute Gasteiger partial charge is 0.361 e. The highest BCUT2D eigenvalue weighted by atomic mass is 16.2. The van der Waals surface area contributed by atoms with Gasteiger partial charge in [0.05, 0.1) is 11.5 Å². The van der Waals surface area contributed by atoms with Gasteiger partial charge in [-0.1, -0.05) is 30.4 Å². The molecule has 0 fully saturated rings. The van der Waals surface area contributed by atoms with E-state index in [1.165, 1.54) is 6.92 Å². The second kappa shape index (κ2) is 8.01. The number of carbonyl (C=O) groups excluding carboxylic acids is 2. The number of benzene rings is 1. The van der Waals surface area contributed by atoms with Crippen molar-refractivity contribution in [3.8, 4) is 0 Å². The number of rotatable bonds is 7. The van der Waals surface area contributed by atoms with Crippen molar-refractivity contribution in [2.75, 3.05) is 6.54 Å². The Morgan fingerprint density at radius 3 is 2.68 bits per heavy atom. The van der Waals surface area contributed by atoms with Crippen LogP contribution in [0.5, 0.6) is 0 Å². The first-order valence-electron chi connectivity index (χ1n) is 8.63. The monoisotopic (exact) mass is 341 g/mol. The molecule has 1 aromatic carbocycles. The maximum absolute atomic E-state index is 12.1. The van der Waals surface area contributed by atoms with Gasteiger partial charge in [0.25, 0.3) is 0 Å². The van der Waals surface area contributed by atoms with Crippen LogP contribution in [-0.4, -0.2) is 29.4 Å². The van der Waals surface area contributed by atoms with Gasteiger partial charge in [-0.05, 0) is 38.8 Å². The van der Waals surface area contributed by atoms with Crippen LogP contribution in [0.4, 0.5) is 0 Å². The van der Waals surface area contributed by atoms with Gasteiger partial charge >= 0.3 is 0 Å². The van der Waals surface area contributed by atoms with Crippen molar-refractivity contribution in [2.24, 2.45) is 5.41 Å². The number of aromatic nitrogens is 1. The molecule has 0 unspecified atom stereocenters. The van der Waals surface area contributed by atoms with Crippen LogP contribution in [0.1, 0.15) is 33.3 Å². The summed E-state index contributed by atoms with van der Waals surface area (Å²) in [5.41, 5.74) is 1.58. The van der Waals surface area contributed by atoms with Crippen LogP contribution < -0.4 is 10.6 Å². The Labute approximate surface area is 148 Å². The number of nitrogens with one attached hydrogen (secondary N) is 3. The molecular formula is C20H27N3O2. The van der Waals surface area contributed by atoms with E-state index >= 15 is 0 Å². The topological polar surface area (TPSA) is 74.0 Å². The molecule has 2 aromatic rings. The Balaban J connectivity index is 2.20. The SMILES string of the molecule is CCNC(=O)C(C)(C)C=C[C@@H](Cc1c[nH]c2ccccc12)NC(C)=O. The van der Waals surface area contributed by atoms with Gasteiger partial charge < -0.3 is 15.6 Å². The lowest BCUT2D eigenvalue weighted by Gasteiger charge is -2.21. The van der Waals surface area contributed by atoms with Gasteiger partial charge in [0.1, 0.15) is 0 Å². The molecule has 0 aliphatic carbocycles. The highest BCUT2D eigenvalue weighted by Crippen LogP contribution is 2.21. The summed E-state index contributed by atoms with van der Waals surface area (Å²) in [5, 5.41) is 6.94. The maximum Gasteiger partial charge on any atom is 0.229 e. The predicted octanol–water partition coefficient (Wildman–Crippen LogP) is 2.93. The molecule has 1 aromatic heterocycles. The van der Waals surface area contributed by atoms with Crippen molar-refractivity contribution < 1.29 is 9.59 Å². The van der Waals surface area contributed by atoms with Crippen LogP contribution in [0.15, 0.2) is 42.6 Å². The minimum Gasteiger partial charge on any atom is -0.361 e. The van der Waals surface area contributed by atoms with E-state index < -0.39 is 5.41 Å². The lowest BCUT2D eigenvalue weighted by atomic mass is 9.90. The van der Waals surface area contributed by atoms with Crippen LogP contribution in [-0.2, 0) is 16.0 Å². The molecule has 0 saturated heterocycles. The first kappa shape index (κ1) is 18.8. The highest BCUT2D eigenvalue weighted by Gasteiger charge is 2.24. The fourth-order valence-electron chi connectivity index (χ4n) is 2.79. The summed E-state index contributed by atoms with van der Waals surface area (Å²) in [7, 11) is 0. The molecule has 3 N–H and O–H groups in total. The van der Waals surface area contributed by atoms with Gasteiger partial charge in [0.15, 0.2) is 0 Å². The van der Waals surface area contributed by atoms with E-state index in [9.17, 15) is 9.59 Å². The fraction of sp³-hybridized carbons (Fsp3) is 0.400. The molecule has 134 valence electrons. The van der Waals surface area contributed by atoms with E-state index in [2.05, 4.69) is 21.7 Å². The number of hydrogen-bond donors (Lipinski definition) is 3. The number of amides is 2. The number of hydrogen-bond acceptors (Lipinski definition) is 2. The van der Waals surface area contributed by atoms with Crippen molar-refractivity contribution in [3.05, 3.63) is 48.2 Å². The Morgan fingerprint density at radius 2 is 2.00 bits per heavy atom. The van der Waals surface area contributed by atoms with Crippen LogP contribution >= 0.6 is 0 Å². The number of aromatic amines is 1. The van der Waals surface area contributed by atoms with Gasteiger partial charge in [0.2, 0.25) is 11.8 Å². The second-order valence-electron chi connectivity index (χ2n) is 6.81. The molecule has 1 heterocycles. The van der Waals surface area contributed by atoms with Crippen LogP contribution in [0.25, 0.3) is 10.9 Å². The Hall–Kier alpha value is -2.56. The summed E-state index contributed by atoms with van der Waals surface area (Å²) < 4.78 is 0. The molecule has 0 aliphatic heterocycles. The Kier molecular flexibility index (Phi) is 6.02. The molecule has 0 saturated carbocycles. The summed E-state index contributed by atoms with van der Waals surface area (Å²) in [4.78, 5) is 27.0. The van der Waals surface area contributed by atoms with Crippen molar-refractivity contribution in [3.63, 3.8) is 0 Å². The van der Waals surface area contributed by atoms with Gasteiger partial charge in [-0.3, -0.25) is 9.59 Å². The van der Waals surface area contributed by atoms with Crippen LogP contribution in [0.2, 0.25) is 0 Å². The van der Waals surface area contributed by atoms with Crippen molar-refractivity contribution in [2.45, 2.75) is 40.2 Å². The number of H-pyrrole nitrogens is 1. The number of para-hydroxylation sites is 1. The summed E-state index contributed by atoms with van der Waals surface area (Å²) >= 11 is 0. The molecule has 0 bridgehead atoms. The van der Waals surface area contributed by atoms with E-state index in [0.29, 0.717) is 13.0 Å². The minimum atomic E-state index is -0.632. The number of carbonyl (C=O) groups is 2. The van der Waals surface area contributed by atoms with E-state index in [1.807, 2.05) is 57.3 Å². The van der Waals surface area contributed by atoms with Crippen LogP contribution in [0.3, 0.4) is 0 Å². The summed E-state index contributed by atoms with van der Waals surface area (Å²) in [6.45, 7) is 7.73. The number of fused-ring (bicyclic) bond motifs is 1. The first-order valence-corrected chi connectivity index (χ1v) is 8.63. The summed E-state index contributed by atoms with van der Waals surface area (Å²) in [6.07, 6.45) is 6.42. The predicted molar refractivity (Wildman–Crippen MR) is 101 cm³/mol.